The molecular weight excluding hydrogens is 444 g/mol. The lowest BCUT2D eigenvalue weighted by atomic mass is 10.1. The first-order valence-corrected chi connectivity index (χ1v) is 11.7. The molecule has 0 atom stereocenters. The average Bonchev–Trinajstić information content (AvgIpc) is 2.89. The number of phenolic OH excluding ortho intramolecular Hbond substituents is 1. The lowest BCUT2D eigenvalue weighted by Crippen LogP contribution is -2.45. The molecule has 0 radical (unpaired) electrons. The Balaban J connectivity index is 1.31. The normalized spacial score (nSPS) is 14.8. The Kier molecular flexibility index (Phi) is 6.70. The first-order valence-electron chi connectivity index (χ1n) is 11.7. The average molecular weight is 473 g/mol. The van der Waals surface area contributed by atoms with E-state index in [0.717, 1.165) is 32.7 Å². The van der Waals surface area contributed by atoms with Gasteiger partial charge in [0.1, 0.15) is 29.1 Å². The summed E-state index contributed by atoms with van der Waals surface area (Å²) >= 11 is 0. The number of piperazine rings is 1. The van der Waals surface area contributed by atoms with Gasteiger partial charge in [-0.3, -0.25) is 14.6 Å². The van der Waals surface area contributed by atoms with Gasteiger partial charge in [0.05, 0.1) is 18.1 Å². The second-order valence-electron chi connectivity index (χ2n) is 8.68. The van der Waals surface area contributed by atoms with Crippen molar-refractivity contribution in [2.24, 2.45) is 0 Å². The summed E-state index contributed by atoms with van der Waals surface area (Å²) < 4.78 is 16.8. The molecule has 0 bridgehead atoms. The first kappa shape index (κ1) is 23.0. The Labute approximate surface area is 203 Å². The molecule has 1 aliphatic heterocycles. The summed E-state index contributed by atoms with van der Waals surface area (Å²) in [5, 5.41) is 11.0. The van der Waals surface area contributed by atoms with Gasteiger partial charge in [0.15, 0.2) is 0 Å². The fraction of sp³-hybridized carbons (Fsp3) is 0.250. The number of hydrogen-bond acceptors (Lipinski definition) is 7. The number of ether oxygens (including phenoxy) is 2. The molecule has 1 N–H and O–H groups in total. The van der Waals surface area contributed by atoms with Gasteiger partial charge in [-0.15, -0.1) is 0 Å². The number of phenols is 1. The van der Waals surface area contributed by atoms with E-state index in [-0.39, 0.29) is 16.9 Å². The summed E-state index contributed by atoms with van der Waals surface area (Å²) in [5.41, 5.74) is 2.04. The SMILES string of the molecule is COc1ccc(Oc2coc3c(CN4CCN(Cc5ccccc5)CC4)c(O)ccc3c2=O)cc1. The van der Waals surface area contributed by atoms with Crippen LogP contribution in [0.25, 0.3) is 11.0 Å². The monoisotopic (exact) mass is 472 g/mol. The zero-order valence-electron chi connectivity index (χ0n) is 19.6. The van der Waals surface area contributed by atoms with Gasteiger partial charge in [-0.25, -0.2) is 0 Å². The molecule has 1 fully saturated rings. The molecule has 35 heavy (non-hydrogen) atoms. The lowest BCUT2D eigenvalue weighted by Gasteiger charge is -2.34. The van der Waals surface area contributed by atoms with Crippen LogP contribution in [-0.2, 0) is 13.1 Å². The van der Waals surface area contributed by atoms with Crippen LogP contribution in [-0.4, -0.2) is 48.2 Å². The molecule has 0 amide bonds. The summed E-state index contributed by atoms with van der Waals surface area (Å²) in [6.45, 7) is 5.04. The molecule has 180 valence electrons. The number of fused-ring (bicyclic) bond motifs is 1. The number of methoxy groups -OCH3 is 1. The van der Waals surface area contributed by atoms with E-state index >= 15 is 0 Å². The second-order valence-corrected chi connectivity index (χ2v) is 8.68. The molecule has 4 aromatic rings. The molecule has 1 aromatic heterocycles. The summed E-state index contributed by atoms with van der Waals surface area (Å²) in [5.74, 6) is 1.42. The van der Waals surface area contributed by atoms with Crippen molar-refractivity contribution in [1.29, 1.82) is 0 Å². The number of benzene rings is 3. The largest absolute Gasteiger partial charge is 0.507 e. The van der Waals surface area contributed by atoms with Crippen molar-refractivity contribution in [3.63, 3.8) is 0 Å². The highest BCUT2D eigenvalue weighted by atomic mass is 16.5. The quantitative estimate of drug-likeness (QED) is 0.421. The maximum atomic E-state index is 13.1. The van der Waals surface area contributed by atoms with Crippen molar-refractivity contribution in [2.75, 3.05) is 33.3 Å². The maximum Gasteiger partial charge on any atom is 0.235 e. The van der Waals surface area contributed by atoms with Crippen molar-refractivity contribution in [3.05, 3.63) is 94.3 Å². The van der Waals surface area contributed by atoms with Crippen LogP contribution in [0.1, 0.15) is 11.1 Å². The Morgan fingerprint density at radius 3 is 2.20 bits per heavy atom. The van der Waals surface area contributed by atoms with E-state index < -0.39 is 0 Å². The fourth-order valence-corrected chi connectivity index (χ4v) is 4.39. The second kappa shape index (κ2) is 10.2. The number of nitrogens with zero attached hydrogens (tertiary/aromatic N) is 2. The van der Waals surface area contributed by atoms with Crippen molar-refractivity contribution < 1.29 is 19.0 Å². The summed E-state index contributed by atoms with van der Waals surface area (Å²) in [6.07, 6.45) is 1.32. The van der Waals surface area contributed by atoms with Crippen LogP contribution >= 0.6 is 0 Å². The Morgan fingerprint density at radius 1 is 0.857 bits per heavy atom. The van der Waals surface area contributed by atoms with E-state index in [2.05, 4.69) is 34.1 Å². The third-order valence-electron chi connectivity index (χ3n) is 6.37. The van der Waals surface area contributed by atoms with E-state index in [4.69, 9.17) is 13.9 Å². The number of rotatable bonds is 7. The number of hydrogen-bond donors (Lipinski definition) is 1. The van der Waals surface area contributed by atoms with Crippen LogP contribution in [0, 0.1) is 0 Å². The van der Waals surface area contributed by atoms with Gasteiger partial charge < -0.3 is 19.0 Å². The summed E-state index contributed by atoms with van der Waals surface area (Å²) in [7, 11) is 1.59. The smallest absolute Gasteiger partial charge is 0.235 e. The van der Waals surface area contributed by atoms with Crippen LogP contribution in [0.2, 0.25) is 0 Å². The van der Waals surface area contributed by atoms with E-state index in [1.165, 1.54) is 11.8 Å². The van der Waals surface area contributed by atoms with Gasteiger partial charge in [-0.2, -0.15) is 0 Å². The molecule has 7 heteroatoms. The third-order valence-corrected chi connectivity index (χ3v) is 6.37. The zero-order valence-corrected chi connectivity index (χ0v) is 19.6. The standard InChI is InChI=1S/C28H28N2O5/c1-33-21-7-9-22(10-8-21)35-26-19-34-28-23(27(26)32)11-12-25(31)24(28)18-30-15-13-29(14-16-30)17-20-5-3-2-4-6-20/h2-12,19,31H,13-18H2,1H3. The van der Waals surface area contributed by atoms with Gasteiger partial charge >= 0.3 is 0 Å². The predicted molar refractivity (Wildman–Crippen MR) is 134 cm³/mol. The maximum absolute atomic E-state index is 13.1. The Morgan fingerprint density at radius 2 is 1.51 bits per heavy atom. The van der Waals surface area contributed by atoms with Crippen LogP contribution in [0.15, 0.2) is 82.2 Å². The molecule has 3 aromatic carbocycles. The fourth-order valence-electron chi connectivity index (χ4n) is 4.39. The van der Waals surface area contributed by atoms with Crippen molar-refractivity contribution in [3.8, 4) is 23.0 Å². The van der Waals surface area contributed by atoms with Crippen LogP contribution in [0.3, 0.4) is 0 Å². The minimum absolute atomic E-state index is 0.0915. The molecule has 2 heterocycles. The van der Waals surface area contributed by atoms with E-state index in [1.54, 1.807) is 43.5 Å². The number of aromatic hydroxyl groups is 1. The van der Waals surface area contributed by atoms with Gasteiger partial charge in [-0.1, -0.05) is 30.3 Å². The highest BCUT2D eigenvalue weighted by molar-refractivity contribution is 5.83. The molecule has 0 unspecified atom stereocenters. The molecule has 5 rings (SSSR count). The van der Waals surface area contributed by atoms with Crippen molar-refractivity contribution in [2.45, 2.75) is 13.1 Å². The molecular formula is C28H28N2O5. The third kappa shape index (κ3) is 5.16. The van der Waals surface area contributed by atoms with E-state index in [1.807, 2.05) is 6.07 Å². The Bertz CT molecular complexity index is 1340. The molecule has 1 aliphatic rings. The van der Waals surface area contributed by atoms with E-state index in [9.17, 15) is 9.90 Å². The summed E-state index contributed by atoms with van der Waals surface area (Å²) in [6, 6.07) is 20.6. The highest BCUT2D eigenvalue weighted by Crippen LogP contribution is 2.30. The molecule has 0 aliphatic carbocycles. The molecule has 1 saturated heterocycles. The molecule has 0 saturated carbocycles. The zero-order chi connectivity index (χ0) is 24.2. The van der Waals surface area contributed by atoms with Crippen LogP contribution < -0.4 is 14.9 Å². The highest BCUT2D eigenvalue weighted by Gasteiger charge is 2.21. The van der Waals surface area contributed by atoms with Gasteiger partial charge in [0, 0.05) is 39.3 Å². The van der Waals surface area contributed by atoms with Crippen LogP contribution in [0.5, 0.6) is 23.0 Å². The summed E-state index contributed by atoms with van der Waals surface area (Å²) in [4.78, 5) is 17.8. The van der Waals surface area contributed by atoms with E-state index in [0.29, 0.717) is 34.6 Å². The minimum Gasteiger partial charge on any atom is -0.507 e. The predicted octanol–water partition coefficient (Wildman–Crippen LogP) is 4.62. The van der Waals surface area contributed by atoms with Crippen LogP contribution in [0.4, 0.5) is 0 Å². The molecule has 7 nitrogen and oxygen atoms in total. The lowest BCUT2D eigenvalue weighted by molar-refractivity contribution is 0.121. The topological polar surface area (TPSA) is 75.4 Å². The van der Waals surface area contributed by atoms with Gasteiger partial charge in [0.2, 0.25) is 11.2 Å². The Hall–Kier alpha value is -3.81. The first-order chi connectivity index (χ1) is 17.1. The van der Waals surface area contributed by atoms with Gasteiger partial charge in [0.25, 0.3) is 0 Å². The van der Waals surface area contributed by atoms with Crippen molar-refractivity contribution in [1.82, 2.24) is 9.80 Å². The van der Waals surface area contributed by atoms with Gasteiger partial charge in [-0.05, 0) is 42.0 Å². The molecule has 0 spiro atoms. The van der Waals surface area contributed by atoms with Crippen molar-refractivity contribution >= 4 is 11.0 Å². The minimum atomic E-state index is -0.281.